The second-order valence-electron chi connectivity index (χ2n) is 4.71. The van der Waals surface area contributed by atoms with E-state index in [1.54, 1.807) is 6.33 Å². The highest BCUT2D eigenvalue weighted by molar-refractivity contribution is 5.40. The van der Waals surface area contributed by atoms with E-state index in [0.29, 0.717) is 23.9 Å². The highest BCUT2D eigenvalue weighted by atomic mass is 15.4. The van der Waals surface area contributed by atoms with E-state index in [4.69, 9.17) is 0 Å². The third kappa shape index (κ3) is 3.45. The average Bonchev–Trinajstić information content (AvgIpc) is 3.02. The summed E-state index contributed by atoms with van der Waals surface area (Å²) in [6.45, 7) is 7.07. The zero-order chi connectivity index (χ0) is 15.2. The van der Waals surface area contributed by atoms with Gasteiger partial charge in [-0.3, -0.25) is 0 Å². The van der Waals surface area contributed by atoms with Crippen LogP contribution in [0, 0.1) is 0 Å². The lowest BCUT2D eigenvalue weighted by Gasteiger charge is -2.26. The average molecular weight is 290 g/mol. The zero-order valence-corrected chi connectivity index (χ0v) is 13.0. The largest absolute Gasteiger partial charge is 0.354 e. The summed E-state index contributed by atoms with van der Waals surface area (Å²) in [6, 6.07) is 0.394. The zero-order valence-electron chi connectivity index (χ0n) is 13.0. The van der Waals surface area contributed by atoms with E-state index < -0.39 is 0 Å². The molecule has 0 bridgehead atoms. The third-order valence-electron chi connectivity index (χ3n) is 3.38. The molecule has 0 spiro atoms. The SMILES string of the molecule is CCNc1nc(N(C)C(CC)CC)nc(-n2cncn2)n1. The normalized spacial score (nSPS) is 10.9. The number of hydrogen-bond acceptors (Lipinski definition) is 7. The minimum atomic E-state index is 0.394. The van der Waals surface area contributed by atoms with Crippen LogP contribution >= 0.6 is 0 Å². The summed E-state index contributed by atoms with van der Waals surface area (Å²) in [6.07, 6.45) is 5.11. The van der Waals surface area contributed by atoms with Crippen molar-refractivity contribution in [3.63, 3.8) is 0 Å². The molecule has 0 saturated carbocycles. The van der Waals surface area contributed by atoms with Crippen LogP contribution in [0.2, 0.25) is 0 Å². The number of nitrogens with zero attached hydrogens (tertiary/aromatic N) is 7. The van der Waals surface area contributed by atoms with Gasteiger partial charge in [0.2, 0.25) is 11.9 Å². The lowest BCUT2D eigenvalue weighted by atomic mass is 10.1. The molecule has 2 heterocycles. The second-order valence-corrected chi connectivity index (χ2v) is 4.71. The van der Waals surface area contributed by atoms with E-state index in [0.717, 1.165) is 19.4 Å². The predicted molar refractivity (Wildman–Crippen MR) is 81.7 cm³/mol. The van der Waals surface area contributed by atoms with Crippen molar-refractivity contribution in [1.82, 2.24) is 29.7 Å². The van der Waals surface area contributed by atoms with Gasteiger partial charge in [0.25, 0.3) is 5.95 Å². The highest BCUT2D eigenvalue weighted by Crippen LogP contribution is 2.16. The van der Waals surface area contributed by atoms with Gasteiger partial charge in [-0.2, -0.15) is 24.7 Å². The number of rotatable bonds is 7. The molecular weight excluding hydrogens is 268 g/mol. The van der Waals surface area contributed by atoms with Crippen molar-refractivity contribution in [2.24, 2.45) is 0 Å². The summed E-state index contributed by atoms with van der Waals surface area (Å²) < 4.78 is 1.53. The van der Waals surface area contributed by atoms with Crippen LogP contribution in [0.4, 0.5) is 11.9 Å². The van der Waals surface area contributed by atoms with Gasteiger partial charge in [0.1, 0.15) is 12.7 Å². The quantitative estimate of drug-likeness (QED) is 0.827. The van der Waals surface area contributed by atoms with E-state index in [-0.39, 0.29) is 0 Å². The van der Waals surface area contributed by atoms with Gasteiger partial charge in [0, 0.05) is 19.6 Å². The summed E-state index contributed by atoms with van der Waals surface area (Å²) >= 11 is 0. The molecule has 0 aliphatic heterocycles. The first kappa shape index (κ1) is 15.1. The Balaban J connectivity index is 2.40. The molecular formula is C13H22N8. The molecule has 2 rings (SSSR count). The molecule has 2 aromatic rings. The van der Waals surface area contributed by atoms with Gasteiger partial charge in [0.05, 0.1) is 0 Å². The monoisotopic (exact) mass is 290 g/mol. The Kier molecular flexibility index (Phi) is 5.02. The van der Waals surface area contributed by atoms with Crippen molar-refractivity contribution in [3.05, 3.63) is 12.7 Å². The van der Waals surface area contributed by atoms with Gasteiger partial charge >= 0.3 is 0 Å². The van der Waals surface area contributed by atoms with Crippen molar-refractivity contribution in [2.45, 2.75) is 39.7 Å². The van der Waals surface area contributed by atoms with Crippen LogP contribution in [0.3, 0.4) is 0 Å². The molecule has 0 saturated heterocycles. The number of nitrogens with one attached hydrogen (secondary N) is 1. The van der Waals surface area contributed by atoms with Gasteiger partial charge in [-0.25, -0.2) is 4.98 Å². The summed E-state index contributed by atoms with van der Waals surface area (Å²) in [5.41, 5.74) is 0. The summed E-state index contributed by atoms with van der Waals surface area (Å²) in [5.74, 6) is 1.65. The second kappa shape index (κ2) is 6.96. The van der Waals surface area contributed by atoms with Gasteiger partial charge in [-0.1, -0.05) is 13.8 Å². The fourth-order valence-electron chi connectivity index (χ4n) is 2.16. The molecule has 0 aliphatic carbocycles. The first-order valence-electron chi connectivity index (χ1n) is 7.27. The Morgan fingerprint density at radius 3 is 2.52 bits per heavy atom. The molecule has 0 aliphatic rings. The molecule has 0 radical (unpaired) electrons. The van der Waals surface area contributed by atoms with E-state index in [1.165, 1.54) is 11.0 Å². The minimum Gasteiger partial charge on any atom is -0.354 e. The smallest absolute Gasteiger partial charge is 0.258 e. The lowest BCUT2D eigenvalue weighted by Crippen LogP contribution is -2.32. The van der Waals surface area contributed by atoms with Crippen LogP contribution in [-0.4, -0.2) is 49.4 Å². The fraction of sp³-hybridized carbons (Fsp3) is 0.615. The Morgan fingerprint density at radius 1 is 1.19 bits per heavy atom. The Bertz CT molecular complexity index is 549. The van der Waals surface area contributed by atoms with Gasteiger partial charge in [0.15, 0.2) is 0 Å². The molecule has 114 valence electrons. The third-order valence-corrected chi connectivity index (χ3v) is 3.38. The van der Waals surface area contributed by atoms with Crippen LogP contribution in [0.15, 0.2) is 12.7 Å². The maximum absolute atomic E-state index is 4.50. The maximum atomic E-state index is 4.50. The molecule has 0 atom stereocenters. The maximum Gasteiger partial charge on any atom is 0.258 e. The van der Waals surface area contributed by atoms with Crippen LogP contribution in [0.25, 0.3) is 5.95 Å². The van der Waals surface area contributed by atoms with E-state index in [2.05, 4.69) is 49.1 Å². The van der Waals surface area contributed by atoms with Crippen LogP contribution in [0.5, 0.6) is 0 Å². The molecule has 21 heavy (non-hydrogen) atoms. The highest BCUT2D eigenvalue weighted by Gasteiger charge is 2.17. The van der Waals surface area contributed by atoms with Crippen LogP contribution in [0.1, 0.15) is 33.6 Å². The van der Waals surface area contributed by atoms with E-state index in [9.17, 15) is 0 Å². The Labute approximate surface area is 124 Å². The van der Waals surface area contributed by atoms with Gasteiger partial charge in [-0.15, -0.1) is 0 Å². The molecule has 2 aromatic heterocycles. The number of anilines is 2. The summed E-state index contributed by atoms with van der Waals surface area (Å²) in [4.78, 5) is 19.4. The molecule has 8 heteroatoms. The number of hydrogen-bond donors (Lipinski definition) is 1. The van der Waals surface area contributed by atoms with Gasteiger partial charge < -0.3 is 10.2 Å². The molecule has 0 unspecified atom stereocenters. The fourth-order valence-corrected chi connectivity index (χ4v) is 2.16. The van der Waals surface area contributed by atoms with E-state index >= 15 is 0 Å². The van der Waals surface area contributed by atoms with E-state index in [1.807, 2.05) is 14.0 Å². The topological polar surface area (TPSA) is 84.7 Å². The van der Waals surface area contributed by atoms with Crippen molar-refractivity contribution in [1.29, 1.82) is 0 Å². The van der Waals surface area contributed by atoms with Crippen LogP contribution < -0.4 is 10.2 Å². The molecule has 1 N–H and O–H groups in total. The molecule has 0 aromatic carbocycles. The lowest BCUT2D eigenvalue weighted by molar-refractivity contribution is 0.578. The predicted octanol–water partition coefficient (Wildman–Crippen LogP) is 1.51. The van der Waals surface area contributed by atoms with Gasteiger partial charge in [-0.05, 0) is 19.8 Å². The molecule has 8 nitrogen and oxygen atoms in total. The standard InChI is InChI=1S/C13H22N8/c1-5-10(6-2)20(4)12-17-11(15-7-3)18-13(19-12)21-9-14-8-16-21/h8-10H,5-7H2,1-4H3,(H,15,17,18,19). The molecule has 0 fully saturated rings. The van der Waals surface area contributed by atoms with Crippen molar-refractivity contribution in [2.75, 3.05) is 23.8 Å². The Hall–Kier alpha value is -2.25. The summed E-state index contributed by atoms with van der Waals surface area (Å²) in [5, 5.41) is 7.21. The first-order valence-corrected chi connectivity index (χ1v) is 7.27. The first-order chi connectivity index (χ1) is 10.2. The minimum absolute atomic E-state index is 0.394. The van der Waals surface area contributed by atoms with Crippen molar-refractivity contribution >= 4 is 11.9 Å². The van der Waals surface area contributed by atoms with Crippen molar-refractivity contribution in [3.8, 4) is 5.95 Å². The van der Waals surface area contributed by atoms with Crippen molar-refractivity contribution < 1.29 is 0 Å². The molecule has 0 amide bonds. The Morgan fingerprint density at radius 2 is 1.95 bits per heavy atom. The number of aromatic nitrogens is 6. The summed E-state index contributed by atoms with van der Waals surface area (Å²) in [7, 11) is 2.01. The van der Waals surface area contributed by atoms with Crippen LogP contribution in [-0.2, 0) is 0 Å².